The molecule has 1 amide bonds. The molecule has 0 radical (unpaired) electrons. The lowest BCUT2D eigenvalue weighted by Crippen LogP contribution is -2.21. The molecular formula is C15H23N5O. The fourth-order valence-corrected chi connectivity index (χ4v) is 2.17. The number of nitrogens with one attached hydrogen (secondary N) is 1. The minimum Gasteiger partial charge on any atom is -0.311 e. The van der Waals surface area contributed by atoms with Gasteiger partial charge in [-0.1, -0.05) is 26.7 Å². The van der Waals surface area contributed by atoms with Crippen LogP contribution in [-0.4, -0.2) is 25.5 Å². The topological polar surface area (TPSA) is 64.7 Å². The molecule has 114 valence electrons. The third-order valence-corrected chi connectivity index (χ3v) is 3.57. The summed E-state index contributed by atoms with van der Waals surface area (Å²) in [4.78, 5) is 12.2. The van der Waals surface area contributed by atoms with Gasteiger partial charge in [-0.3, -0.25) is 14.2 Å². The zero-order valence-corrected chi connectivity index (χ0v) is 13.1. The number of amides is 1. The molecule has 0 bridgehead atoms. The average Bonchev–Trinajstić information content (AvgIpc) is 3.03. The second kappa shape index (κ2) is 6.56. The van der Waals surface area contributed by atoms with Gasteiger partial charge in [0.25, 0.3) is 0 Å². The summed E-state index contributed by atoms with van der Waals surface area (Å²) < 4.78 is 3.42. The van der Waals surface area contributed by atoms with E-state index in [9.17, 15) is 4.79 Å². The largest absolute Gasteiger partial charge is 0.311 e. The smallest absolute Gasteiger partial charge is 0.228 e. The fourth-order valence-electron chi connectivity index (χ4n) is 2.17. The summed E-state index contributed by atoms with van der Waals surface area (Å²) in [7, 11) is 3.69. The van der Waals surface area contributed by atoms with Crippen molar-refractivity contribution in [3.05, 3.63) is 18.5 Å². The number of hydrogen-bond acceptors (Lipinski definition) is 3. The Kier molecular flexibility index (Phi) is 4.77. The van der Waals surface area contributed by atoms with Crippen molar-refractivity contribution in [3.8, 4) is 11.3 Å². The summed E-state index contributed by atoms with van der Waals surface area (Å²) in [5.41, 5.74) is 1.75. The molecule has 1 atom stereocenters. The van der Waals surface area contributed by atoms with E-state index in [2.05, 4.69) is 22.4 Å². The highest BCUT2D eigenvalue weighted by Gasteiger charge is 2.15. The van der Waals surface area contributed by atoms with E-state index in [4.69, 9.17) is 0 Å². The van der Waals surface area contributed by atoms with Crippen LogP contribution in [0.4, 0.5) is 5.82 Å². The molecule has 0 saturated heterocycles. The Morgan fingerprint density at radius 1 is 1.43 bits per heavy atom. The predicted octanol–water partition coefficient (Wildman–Crippen LogP) is 2.59. The number of aromatic nitrogens is 4. The molecule has 0 unspecified atom stereocenters. The van der Waals surface area contributed by atoms with Crippen molar-refractivity contribution in [3.63, 3.8) is 0 Å². The van der Waals surface area contributed by atoms with E-state index in [0.717, 1.165) is 30.5 Å². The number of nitrogens with zero attached hydrogens (tertiary/aromatic N) is 4. The molecule has 2 aromatic heterocycles. The molecule has 0 saturated carbocycles. The zero-order valence-electron chi connectivity index (χ0n) is 13.1. The van der Waals surface area contributed by atoms with Crippen LogP contribution in [0.2, 0.25) is 0 Å². The third kappa shape index (κ3) is 3.71. The van der Waals surface area contributed by atoms with E-state index >= 15 is 0 Å². The Balaban J connectivity index is 2.07. The summed E-state index contributed by atoms with van der Waals surface area (Å²) in [6.45, 7) is 4.09. The van der Waals surface area contributed by atoms with Crippen molar-refractivity contribution in [2.75, 3.05) is 5.32 Å². The molecule has 21 heavy (non-hydrogen) atoms. The van der Waals surface area contributed by atoms with Crippen molar-refractivity contribution in [1.29, 1.82) is 0 Å². The van der Waals surface area contributed by atoms with Gasteiger partial charge >= 0.3 is 0 Å². The van der Waals surface area contributed by atoms with Gasteiger partial charge in [0, 0.05) is 37.8 Å². The van der Waals surface area contributed by atoms with E-state index in [-0.39, 0.29) is 11.8 Å². The highest BCUT2D eigenvalue weighted by atomic mass is 16.1. The highest BCUT2D eigenvalue weighted by Crippen LogP contribution is 2.21. The molecule has 0 aliphatic carbocycles. The van der Waals surface area contributed by atoms with E-state index < -0.39 is 0 Å². The molecular weight excluding hydrogens is 266 g/mol. The quantitative estimate of drug-likeness (QED) is 0.889. The van der Waals surface area contributed by atoms with Gasteiger partial charge in [-0.2, -0.15) is 10.2 Å². The molecule has 2 heterocycles. The number of anilines is 1. The summed E-state index contributed by atoms with van der Waals surface area (Å²) >= 11 is 0. The Morgan fingerprint density at radius 3 is 2.81 bits per heavy atom. The highest BCUT2D eigenvalue weighted by molar-refractivity contribution is 5.92. The van der Waals surface area contributed by atoms with Crippen LogP contribution in [0.5, 0.6) is 0 Å². The second-order valence-corrected chi connectivity index (χ2v) is 5.47. The van der Waals surface area contributed by atoms with Crippen molar-refractivity contribution in [2.24, 2.45) is 20.0 Å². The van der Waals surface area contributed by atoms with E-state index in [0.29, 0.717) is 5.82 Å². The lowest BCUT2D eigenvalue weighted by atomic mass is 10.0. The molecule has 0 aliphatic heterocycles. The summed E-state index contributed by atoms with van der Waals surface area (Å²) in [6, 6.07) is 1.88. The van der Waals surface area contributed by atoms with Gasteiger partial charge in [-0.25, -0.2) is 0 Å². The monoisotopic (exact) mass is 289 g/mol. The maximum atomic E-state index is 12.2. The Morgan fingerprint density at radius 2 is 2.19 bits per heavy atom. The molecule has 2 rings (SSSR count). The number of carbonyl (C=O) groups excluding carboxylic acids is 1. The molecule has 0 spiro atoms. The van der Waals surface area contributed by atoms with Crippen molar-refractivity contribution in [1.82, 2.24) is 19.6 Å². The predicted molar refractivity (Wildman–Crippen MR) is 82.7 cm³/mol. The van der Waals surface area contributed by atoms with E-state index in [1.165, 1.54) is 0 Å². The first-order chi connectivity index (χ1) is 10.0. The molecule has 0 aliphatic rings. The second-order valence-electron chi connectivity index (χ2n) is 5.47. The van der Waals surface area contributed by atoms with Crippen LogP contribution in [-0.2, 0) is 18.9 Å². The molecule has 6 heteroatoms. The fraction of sp³-hybridized carbons (Fsp3) is 0.533. The van der Waals surface area contributed by atoms with Gasteiger partial charge in [0.05, 0.1) is 11.9 Å². The first-order valence-electron chi connectivity index (χ1n) is 7.35. The van der Waals surface area contributed by atoms with Crippen molar-refractivity contribution >= 4 is 11.7 Å². The van der Waals surface area contributed by atoms with Crippen LogP contribution >= 0.6 is 0 Å². The molecule has 0 fully saturated rings. The first-order valence-corrected chi connectivity index (χ1v) is 7.35. The SMILES string of the molecule is CCCC[C@H](C)C(=O)Nc1cc(-c2cnn(C)c2)nn1C. The normalized spacial score (nSPS) is 12.4. The zero-order chi connectivity index (χ0) is 15.4. The molecule has 6 nitrogen and oxygen atoms in total. The molecule has 2 aromatic rings. The summed E-state index contributed by atoms with van der Waals surface area (Å²) in [6.07, 6.45) is 6.75. The minimum atomic E-state index is 0.0155. The van der Waals surface area contributed by atoms with Crippen LogP contribution in [0.1, 0.15) is 33.1 Å². The maximum absolute atomic E-state index is 12.2. The number of aryl methyl sites for hydroxylation is 2. The van der Waals surface area contributed by atoms with Crippen LogP contribution in [0.25, 0.3) is 11.3 Å². The lowest BCUT2D eigenvalue weighted by Gasteiger charge is -2.11. The number of hydrogen-bond donors (Lipinski definition) is 1. The van der Waals surface area contributed by atoms with Gasteiger partial charge in [-0.05, 0) is 6.42 Å². The van der Waals surface area contributed by atoms with Gasteiger partial charge in [-0.15, -0.1) is 0 Å². The van der Waals surface area contributed by atoms with Crippen LogP contribution in [0, 0.1) is 5.92 Å². The van der Waals surface area contributed by atoms with Crippen LogP contribution in [0.15, 0.2) is 18.5 Å². The Labute approximate surface area is 125 Å². The minimum absolute atomic E-state index is 0.0155. The lowest BCUT2D eigenvalue weighted by molar-refractivity contribution is -0.119. The Hall–Kier alpha value is -2.11. The first kappa shape index (κ1) is 15.3. The van der Waals surface area contributed by atoms with Gasteiger partial charge in [0.15, 0.2) is 0 Å². The van der Waals surface area contributed by atoms with Gasteiger partial charge in [0.2, 0.25) is 5.91 Å². The number of rotatable bonds is 6. The number of carbonyl (C=O) groups is 1. The maximum Gasteiger partial charge on any atom is 0.228 e. The van der Waals surface area contributed by atoms with E-state index in [1.807, 2.05) is 33.3 Å². The molecule has 0 aromatic carbocycles. The summed E-state index contributed by atoms with van der Waals surface area (Å²) in [5.74, 6) is 0.771. The van der Waals surface area contributed by atoms with Gasteiger partial charge in [0.1, 0.15) is 5.82 Å². The van der Waals surface area contributed by atoms with Crippen molar-refractivity contribution in [2.45, 2.75) is 33.1 Å². The standard InChI is InChI=1S/C15H23N5O/c1-5-6-7-11(2)15(21)17-14-8-13(18-20(14)4)12-9-16-19(3)10-12/h8-11H,5-7H2,1-4H3,(H,17,21)/t11-/m0/s1. The van der Waals surface area contributed by atoms with Crippen LogP contribution in [0.3, 0.4) is 0 Å². The Bertz CT molecular complexity index is 613. The van der Waals surface area contributed by atoms with Crippen LogP contribution < -0.4 is 5.32 Å². The molecule has 1 N–H and O–H groups in total. The van der Waals surface area contributed by atoms with E-state index in [1.54, 1.807) is 15.6 Å². The van der Waals surface area contributed by atoms with Crippen molar-refractivity contribution < 1.29 is 4.79 Å². The number of unbranched alkanes of at least 4 members (excludes halogenated alkanes) is 1. The third-order valence-electron chi connectivity index (χ3n) is 3.57. The summed E-state index contributed by atoms with van der Waals surface area (Å²) in [5, 5.41) is 11.5. The van der Waals surface area contributed by atoms with Gasteiger partial charge < -0.3 is 5.32 Å². The average molecular weight is 289 g/mol.